The zero-order valence-electron chi connectivity index (χ0n) is 17.2. The first-order valence-corrected chi connectivity index (χ1v) is 11.6. The molecule has 0 saturated carbocycles. The van der Waals surface area contributed by atoms with E-state index < -0.39 is 28.5 Å². The number of anilines is 1. The van der Waals surface area contributed by atoms with Gasteiger partial charge in [0.2, 0.25) is 10.0 Å². The molecule has 3 N–H and O–H groups in total. The number of hydrogen-bond acceptors (Lipinski definition) is 7. The second-order valence-corrected chi connectivity index (χ2v) is 9.40. The number of sulfonamides is 1. The van der Waals surface area contributed by atoms with Gasteiger partial charge in [-0.1, -0.05) is 12.1 Å². The van der Waals surface area contributed by atoms with E-state index in [4.69, 9.17) is 9.88 Å². The van der Waals surface area contributed by atoms with Crippen molar-refractivity contribution in [2.45, 2.75) is 32.2 Å². The third kappa shape index (κ3) is 5.57. The molecule has 1 aromatic carbocycles. The van der Waals surface area contributed by atoms with Crippen molar-refractivity contribution in [3.8, 4) is 0 Å². The zero-order chi connectivity index (χ0) is 22.8. The van der Waals surface area contributed by atoms with Gasteiger partial charge in [0, 0.05) is 23.3 Å². The Kier molecular flexibility index (Phi) is 6.58. The maximum atomic E-state index is 12.5. The summed E-state index contributed by atoms with van der Waals surface area (Å²) in [7, 11) is -3.75. The van der Waals surface area contributed by atoms with Crippen molar-refractivity contribution in [3.05, 3.63) is 63.9 Å². The highest BCUT2D eigenvalue weighted by atomic mass is 32.2. The maximum Gasteiger partial charge on any atom is 0.340 e. The predicted octanol–water partition coefficient (Wildman–Crippen LogP) is 2.36. The molecule has 164 valence electrons. The van der Waals surface area contributed by atoms with Crippen molar-refractivity contribution in [3.63, 3.8) is 0 Å². The molecule has 0 fully saturated rings. The number of nitrogens with zero attached hydrogens (tertiary/aromatic N) is 2. The van der Waals surface area contributed by atoms with Crippen molar-refractivity contribution in [2.24, 2.45) is 5.14 Å². The summed E-state index contributed by atoms with van der Waals surface area (Å²) in [6.07, 6.45) is 0. The average Bonchev–Trinajstić information content (AvgIpc) is 3.23. The normalized spacial score (nSPS) is 11.4. The van der Waals surface area contributed by atoms with E-state index in [0.29, 0.717) is 22.9 Å². The van der Waals surface area contributed by atoms with E-state index in [2.05, 4.69) is 10.3 Å². The molecule has 3 aromatic rings. The highest BCUT2D eigenvalue weighted by Gasteiger charge is 2.19. The second kappa shape index (κ2) is 9.00. The van der Waals surface area contributed by atoms with Crippen LogP contribution in [0.4, 0.5) is 5.13 Å². The maximum absolute atomic E-state index is 12.5. The number of ether oxygens (including phenoxy) is 1. The summed E-state index contributed by atoms with van der Waals surface area (Å²) in [6.45, 7) is 5.45. The van der Waals surface area contributed by atoms with Gasteiger partial charge in [-0.25, -0.2) is 23.3 Å². The average molecular weight is 463 g/mol. The van der Waals surface area contributed by atoms with E-state index in [0.717, 1.165) is 17.0 Å². The van der Waals surface area contributed by atoms with Crippen LogP contribution < -0.4 is 10.5 Å². The van der Waals surface area contributed by atoms with Crippen molar-refractivity contribution >= 4 is 38.4 Å². The molecule has 3 rings (SSSR count). The molecule has 31 heavy (non-hydrogen) atoms. The fraction of sp³-hybridized carbons (Fsp3) is 0.250. The number of hydrogen-bond donors (Lipinski definition) is 2. The van der Waals surface area contributed by atoms with Crippen LogP contribution in [0.5, 0.6) is 0 Å². The zero-order valence-corrected chi connectivity index (χ0v) is 18.8. The molecule has 0 aliphatic carbocycles. The molecule has 0 aliphatic rings. The molecule has 0 radical (unpaired) electrons. The molecule has 2 heterocycles. The first kappa shape index (κ1) is 22.7. The molecule has 0 saturated heterocycles. The number of primary sulfonamides is 1. The van der Waals surface area contributed by atoms with Gasteiger partial charge in [-0.05, 0) is 44.5 Å². The van der Waals surface area contributed by atoms with Crippen LogP contribution in [0.25, 0.3) is 0 Å². The number of aryl methyl sites for hydroxylation is 2. The highest BCUT2D eigenvalue weighted by Crippen LogP contribution is 2.19. The molecule has 0 bridgehead atoms. The lowest BCUT2D eigenvalue weighted by molar-refractivity contribution is -0.119. The van der Waals surface area contributed by atoms with Gasteiger partial charge in [0.15, 0.2) is 11.7 Å². The molecule has 0 aliphatic heterocycles. The second-order valence-electron chi connectivity index (χ2n) is 6.98. The Balaban J connectivity index is 1.66. The Morgan fingerprint density at radius 3 is 2.45 bits per heavy atom. The minimum Gasteiger partial charge on any atom is -0.452 e. The topological polar surface area (TPSA) is 133 Å². The van der Waals surface area contributed by atoms with Gasteiger partial charge in [0.05, 0.1) is 16.2 Å². The fourth-order valence-corrected chi connectivity index (χ4v) is 4.21. The summed E-state index contributed by atoms with van der Waals surface area (Å²) in [5.74, 6) is -1.07. The molecule has 0 atom stereocenters. The van der Waals surface area contributed by atoms with Gasteiger partial charge in [-0.15, -0.1) is 11.3 Å². The molecule has 1 amide bonds. The van der Waals surface area contributed by atoms with Crippen LogP contribution in [0, 0.1) is 20.8 Å². The number of amides is 1. The highest BCUT2D eigenvalue weighted by molar-refractivity contribution is 7.89. The van der Waals surface area contributed by atoms with Crippen LogP contribution >= 0.6 is 11.3 Å². The quantitative estimate of drug-likeness (QED) is 0.518. The Bertz CT molecular complexity index is 1230. The number of thiazole rings is 1. The number of nitrogens with one attached hydrogen (secondary N) is 1. The summed E-state index contributed by atoms with van der Waals surface area (Å²) in [6, 6.07) is 7.91. The Morgan fingerprint density at radius 2 is 1.87 bits per heavy atom. The van der Waals surface area contributed by atoms with E-state index in [1.165, 1.54) is 23.5 Å². The van der Waals surface area contributed by atoms with Crippen LogP contribution in [0.3, 0.4) is 0 Å². The number of benzene rings is 1. The Labute approximate surface area is 183 Å². The minimum absolute atomic E-state index is 0.0349. The first-order chi connectivity index (χ1) is 14.5. The number of carbonyl (C=O) groups is 2. The summed E-state index contributed by atoms with van der Waals surface area (Å²) < 4.78 is 29.8. The summed E-state index contributed by atoms with van der Waals surface area (Å²) in [5, 5.41) is 9.96. The third-order valence-corrected chi connectivity index (χ3v) is 6.39. The van der Waals surface area contributed by atoms with E-state index in [9.17, 15) is 18.0 Å². The molecule has 0 spiro atoms. The van der Waals surface area contributed by atoms with Crippen LogP contribution in [0.15, 0.2) is 40.6 Å². The number of carbonyl (C=O) groups excluding carboxylic acids is 2. The third-order valence-electron chi connectivity index (χ3n) is 4.59. The van der Waals surface area contributed by atoms with Crippen molar-refractivity contribution in [2.75, 3.05) is 11.9 Å². The lowest BCUT2D eigenvalue weighted by Crippen LogP contribution is -2.21. The van der Waals surface area contributed by atoms with E-state index >= 15 is 0 Å². The van der Waals surface area contributed by atoms with Crippen molar-refractivity contribution in [1.29, 1.82) is 0 Å². The molecule has 2 aromatic heterocycles. The number of rotatable bonds is 7. The summed E-state index contributed by atoms with van der Waals surface area (Å²) in [4.78, 5) is 28.6. The van der Waals surface area contributed by atoms with Crippen LogP contribution in [0.1, 0.15) is 33.0 Å². The van der Waals surface area contributed by atoms with Crippen molar-refractivity contribution < 1.29 is 22.7 Å². The number of esters is 1. The Hall–Kier alpha value is -3.02. The van der Waals surface area contributed by atoms with Crippen LogP contribution in [-0.2, 0) is 26.1 Å². The lowest BCUT2D eigenvalue weighted by atomic mass is 10.2. The molecule has 9 nitrogen and oxygen atoms in total. The van der Waals surface area contributed by atoms with Gasteiger partial charge in [0.1, 0.15) is 0 Å². The fourth-order valence-electron chi connectivity index (χ4n) is 2.99. The van der Waals surface area contributed by atoms with E-state index in [-0.39, 0.29) is 4.90 Å². The largest absolute Gasteiger partial charge is 0.452 e. The SMILES string of the molecule is Cc1csc(NC(=O)COC(=O)c2cc(C)n(Cc3ccc(S(N)(=O)=O)cc3)c2C)n1. The van der Waals surface area contributed by atoms with Crippen molar-refractivity contribution in [1.82, 2.24) is 9.55 Å². The summed E-state index contributed by atoms with van der Waals surface area (Å²) in [5.41, 5.74) is 3.49. The van der Waals surface area contributed by atoms with Gasteiger partial charge in [-0.3, -0.25) is 10.1 Å². The standard InChI is InChI=1S/C20H22N4O5S2/c1-12-11-30-20(22-12)23-18(25)10-29-19(26)17-8-13(2)24(14(17)3)9-15-4-6-16(7-5-15)31(21,27)28/h4-8,11H,9-10H2,1-3H3,(H2,21,27,28)(H,22,23,25). The Morgan fingerprint density at radius 1 is 1.19 bits per heavy atom. The van der Waals surface area contributed by atoms with Gasteiger partial charge in [-0.2, -0.15) is 0 Å². The molecule has 0 unspecified atom stereocenters. The van der Waals surface area contributed by atoms with Crippen LogP contribution in [0.2, 0.25) is 0 Å². The first-order valence-electron chi connectivity index (χ1n) is 9.22. The van der Waals surface area contributed by atoms with Gasteiger partial charge < -0.3 is 9.30 Å². The molecular weight excluding hydrogens is 440 g/mol. The monoisotopic (exact) mass is 462 g/mol. The molecule has 11 heteroatoms. The molecular formula is C20H22N4O5S2. The lowest BCUT2D eigenvalue weighted by Gasteiger charge is -2.11. The predicted molar refractivity (Wildman–Crippen MR) is 117 cm³/mol. The number of aromatic nitrogens is 2. The number of nitrogens with two attached hydrogens (primary N) is 1. The van der Waals surface area contributed by atoms with Gasteiger partial charge >= 0.3 is 5.97 Å². The minimum atomic E-state index is -3.75. The smallest absolute Gasteiger partial charge is 0.340 e. The van der Waals surface area contributed by atoms with Gasteiger partial charge in [0.25, 0.3) is 5.91 Å². The summed E-state index contributed by atoms with van der Waals surface area (Å²) >= 11 is 1.29. The van der Waals surface area contributed by atoms with E-state index in [1.54, 1.807) is 30.5 Å². The van der Waals surface area contributed by atoms with Crippen LogP contribution in [-0.4, -0.2) is 36.5 Å². The van der Waals surface area contributed by atoms with E-state index in [1.807, 2.05) is 18.4 Å².